The first kappa shape index (κ1) is 16.8. The highest BCUT2D eigenvalue weighted by molar-refractivity contribution is 4.74. The maximum atomic E-state index is 6.04. The van der Waals surface area contributed by atoms with E-state index in [2.05, 4.69) is 0 Å². The van der Waals surface area contributed by atoms with Crippen molar-refractivity contribution < 1.29 is 19.2 Å². The average molecular weight is 250 g/mol. The molecule has 0 aromatic rings. The Balaban J connectivity index is 4.59. The average Bonchev–Trinajstić information content (AvgIpc) is 2.33. The summed E-state index contributed by atoms with van der Waals surface area (Å²) in [6.45, 7) is 7.31. The summed E-state index contributed by atoms with van der Waals surface area (Å²) in [4.78, 5) is 10.2. The Morgan fingerprint density at radius 2 is 1.65 bits per heavy atom. The Hall–Kier alpha value is -0.240. The van der Waals surface area contributed by atoms with Gasteiger partial charge in [0.2, 0.25) is 0 Å². The normalized spacial score (nSPS) is 13.9. The summed E-state index contributed by atoms with van der Waals surface area (Å²) in [5.74, 6) is -1.34. The first-order valence-electron chi connectivity index (χ1n) is 6.20. The maximum absolute atomic E-state index is 6.04. The lowest BCUT2D eigenvalue weighted by Crippen LogP contribution is -2.54. The van der Waals surface area contributed by atoms with Gasteiger partial charge in [-0.25, -0.2) is 4.89 Å². The van der Waals surface area contributed by atoms with Gasteiger partial charge >= 0.3 is 5.97 Å². The van der Waals surface area contributed by atoms with E-state index in [0.29, 0.717) is 32.8 Å². The molecule has 6 heteroatoms. The van der Waals surface area contributed by atoms with Gasteiger partial charge in [0.1, 0.15) is 0 Å². The standard InChI is InChI=1S/C11H26N2O4/c1-4-14-11(15-5-2,17-16-6-3)10(13)8-7-9-12/h10H,4-9,12-13H2,1-3H3. The topological polar surface area (TPSA) is 89.0 Å². The third kappa shape index (κ3) is 5.76. The van der Waals surface area contributed by atoms with Crippen LogP contribution in [0.3, 0.4) is 0 Å². The molecule has 0 aliphatic rings. The van der Waals surface area contributed by atoms with Crippen molar-refractivity contribution in [1.82, 2.24) is 0 Å². The van der Waals surface area contributed by atoms with Crippen LogP contribution in [0.15, 0.2) is 0 Å². The Labute approximate surface area is 103 Å². The second kappa shape index (κ2) is 9.76. The first-order chi connectivity index (χ1) is 8.16. The van der Waals surface area contributed by atoms with Crippen LogP contribution in [0.5, 0.6) is 0 Å². The van der Waals surface area contributed by atoms with Crippen LogP contribution in [0.4, 0.5) is 0 Å². The number of hydrogen-bond acceptors (Lipinski definition) is 6. The molecule has 0 amide bonds. The van der Waals surface area contributed by atoms with Gasteiger partial charge in [0.15, 0.2) is 0 Å². The fourth-order valence-electron chi connectivity index (χ4n) is 1.42. The van der Waals surface area contributed by atoms with Gasteiger partial charge in [-0.1, -0.05) is 0 Å². The lowest BCUT2D eigenvalue weighted by Gasteiger charge is -2.35. The number of ether oxygens (including phenoxy) is 2. The van der Waals surface area contributed by atoms with Gasteiger partial charge in [-0.2, -0.15) is 4.89 Å². The molecule has 0 saturated heterocycles. The predicted molar refractivity (Wildman–Crippen MR) is 65.0 cm³/mol. The molecule has 0 fully saturated rings. The summed E-state index contributed by atoms with van der Waals surface area (Å²) in [5, 5.41) is 0. The van der Waals surface area contributed by atoms with E-state index < -0.39 is 12.0 Å². The van der Waals surface area contributed by atoms with E-state index in [0.717, 1.165) is 6.42 Å². The van der Waals surface area contributed by atoms with Gasteiger partial charge in [-0.15, -0.1) is 0 Å². The van der Waals surface area contributed by atoms with E-state index >= 15 is 0 Å². The van der Waals surface area contributed by atoms with Crippen molar-refractivity contribution >= 4 is 0 Å². The summed E-state index contributed by atoms with van der Waals surface area (Å²) in [7, 11) is 0. The summed E-state index contributed by atoms with van der Waals surface area (Å²) in [5.41, 5.74) is 11.5. The lowest BCUT2D eigenvalue weighted by molar-refractivity contribution is -0.510. The molecule has 0 aliphatic carbocycles. The first-order valence-corrected chi connectivity index (χ1v) is 6.20. The van der Waals surface area contributed by atoms with Crippen molar-refractivity contribution in [3.8, 4) is 0 Å². The van der Waals surface area contributed by atoms with Crippen molar-refractivity contribution in [3.05, 3.63) is 0 Å². The van der Waals surface area contributed by atoms with Gasteiger partial charge in [-0.05, 0) is 40.2 Å². The number of rotatable bonds is 11. The maximum Gasteiger partial charge on any atom is 0.327 e. The summed E-state index contributed by atoms with van der Waals surface area (Å²) in [6.07, 6.45) is 1.42. The third-order valence-electron chi connectivity index (χ3n) is 2.16. The van der Waals surface area contributed by atoms with E-state index in [1.54, 1.807) is 0 Å². The van der Waals surface area contributed by atoms with Crippen molar-refractivity contribution in [2.45, 2.75) is 45.6 Å². The molecular weight excluding hydrogens is 224 g/mol. The molecule has 0 spiro atoms. The molecule has 0 aromatic carbocycles. The van der Waals surface area contributed by atoms with E-state index in [-0.39, 0.29) is 0 Å². The van der Waals surface area contributed by atoms with Crippen molar-refractivity contribution in [3.63, 3.8) is 0 Å². The molecule has 0 saturated carbocycles. The highest BCUT2D eigenvalue weighted by Crippen LogP contribution is 2.22. The van der Waals surface area contributed by atoms with Crippen LogP contribution in [-0.4, -0.2) is 38.4 Å². The summed E-state index contributed by atoms with van der Waals surface area (Å²) < 4.78 is 11.0. The van der Waals surface area contributed by atoms with E-state index in [9.17, 15) is 0 Å². The largest absolute Gasteiger partial charge is 0.330 e. The van der Waals surface area contributed by atoms with Gasteiger partial charge in [0.05, 0.1) is 12.6 Å². The summed E-state index contributed by atoms with van der Waals surface area (Å²) >= 11 is 0. The Kier molecular flexibility index (Phi) is 9.62. The van der Waals surface area contributed by atoms with Gasteiger partial charge in [0.25, 0.3) is 0 Å². The quantitative estimate of drug-likeness (QED) is 0.319. The van der Waals surface area contributed by atoms with E-state index in [4.69, 9.17) is 30.7 Å². The SMILES string of the molecule is CCOOC(OCC)(OCC)C(N)CCCN. The zero-order chi connectivity index (χ0) is 13.1. The monoisotopic (exact) mass is 250 g/mol. The predicted octanol–water partition coefficient (Wildman–Crippen LogP) is 0.748. The summed E-state index contributed by atoms with van der Waals surface area (Å²) in [6, 6.07) is -0.447. The van der Waals surface area contributed by atoms with Crippen LogP contribution >= 0.6 is 0 Å². The van der Waals surface area contributed by atoms with Gasteiger partial charge in [-0.3, -0.25) is 0 Å². The molecule has 1 atom stereocenters. The minimum Gasteiger partial charge on any atom is -0.330 e. The molecule has 104 valence electrons. The van der Waals surface area contributed by atoms with Crippen molar-refractivity contribution in [2.24, 2.45) is 11.5 Å². The Bertz CT molecular complexity index is 175. The molecule has 4 N–H and O–H groups in total. The van der Waals surface area contributed by atoms with Crippen LogP contribution in [0, 0.1) is 0 Å². The fraction of sp³-hybridized carbons (Fsp3) is 1.00. The Morgan fingerprint density at radius 3 is 2.06 bits per heavy atom. The highest BCUT2D eigenvalue weighted by Gasteiger charge is 2.41. The fourth-order valence-corrected chi connectivity index (χ4v) is 1.42. The molecule has 0 rings (SSSR count). The number of nitrogens with two attached hydrogens (primary N) is 2. The molecule has 0 aromatic heterocycles. The zero-order valence-corrected chi connectivity index (χ0v) is 11.1. The second-order valence-corrected chi connectivity index (χ2v) is 3.50. The van der Waals surface area contributed by atoms with Crippen LogP contribution in [0.2, 0.25) is 0 Å². The minimum absolute atomic E-state index is 0.394. The lowest BCUT2D eigenvalue weighted by atomic mass is 10.1. The van der Waals surface area contributed by atoms with Gasteiger partial charge in [0, 0.05) is 13.2 Å². The van der Waals surface area contributed by atoms with Gasteiger partial charge < -0.3 is 20.9 Å². The molecule has 0 bridgehead atoms. The van der Waals surface area contributed by atoms with Crippen LogP contribution in [0.1, 0.15) is 33.6 Å². The molecular formula is C11H26N2O4. The molecule has 0 radical (unpaired) electrons. The molecule has 17 heavy (non-hydrogen) atoms. The molecule has 6 nitrogen and oxygen atoms in total. The molecule has 1 unspecified atom stereocenters. The molecule has 0 heterocycles. The zero-order valence-electron chi connectivity index (χ0n) is 11.1. The third-order valence-corrected chi connectivity index (χ3v) is 2.16. The van der Waals surface area contributed by atoms with Crippen LogP contribution in [0.25, 0.3) is 0 Å². The Morgan fingerprint density at radius 1 is 1.06 bits per heavy atom. The molecule has 0 aliphatic heterocycles. The van der Waals surface area contributed by atoms with Crippen molar-refractivity contribution in [2.75, 3.05) is 26.4 Å². The highest BCUT2D eigenvalue weighted by atomic mass is 17.3. The second-order valence-electron chi connectivity index (χ2n) is 3.50. The van der Waals surface area contributed by atoms with Crippen LogP contribution in [-0.2, 0) is 19.2 Å². The smallest absolute Gasteiger partial charge is 0.327 e. The van der Waals surface area contributed by atoms with Crippen molar-refractivity contribution in [1.29, 1.82) is 0 Å². The van der Waals surface area contributed by atoms with Crippen LogP contribution < -0.4 is 11.5 Å². The minimum atomic E-state index is -1.34. The van der Waals surface area contributed by atoms with E-state index in [1.807, 2.05) is 20.8 Å². The van der Waals surface area contributed by atoms with E-state index in [1.165, 1.54) is 0 Å². The number of hydrogen-bond donors (Lipinski definition) is 2.